The van der Waals surface area contributed by atoms with Crippen molar-refractivity contribution in [2.24, 2.45) is 0 Å². The zero-order chi connectivity index (χ0) is 10.8. The van der Waals surface area contributed by atoms with Gasteiger partial charge >= 0.3 is 6.16 Å². The minimum atomic E-state index is -1.21. The number of ether oxygens (including phenoxy) is 2. The second kappa shape index (κ2) is 8.81. The first-order valence-corrected chi connectivity index (χ1v) is 5.09. The maximum Gasteiger partial charge on any atom is 0.505 e. The smallest absolute Gasteiger partial charge is 0.450 e. The van der Waals surface area contributed by atoms with E-state index in [4.69, 9.17) is 9.84 Å². The Hall–Kier alpha value is -0.770. The van der Waals surface area contributed by atoms with Gasteiger partial charge in [0.05, 0.1) is 12.7 Å². The van der Waals surface area contributed by atoms with Gasteiger partial charge in [0.1, 0.15) is 0 Å². The quantitative estimate of drug-likeness (QED) is 0.488. The van der Waals surface area contributed by atoms with Gasteiger partial charge in [-0.05, 0) is 6.42 Å². The molecule has 0 amide bonds. The minimum absolute atomic E-state index is 0.126. The molecule has 1 unspecified atom stereocenters. The zero-order valence-corrected chi connectivity index (χ0v) is 8.99. The van der Waals surface area contributed by atoms with Crippen LogP contribution < -0.4 is 0 Å². The average molecular weight is 204 g/mol. The molecule has 1 atom stereocenters. The standard InChI is InChI=1S/C10H20O4/c1-3-4-5-6-9(13-2)7-8-14-10(11)12/h9H,3-8H2,1-2H3,(H,11,12). The lowest BCUT2D eigenvalue weighted by molar-refractivity contribution is 0.0467. The number of carboxylic acid groups (broad SMARTS) is 1. The Morgan fingerprint density at radius 2 is 2.07 bits per heavy atom. The lowest BCUT2D eigenvalue weighted by atomic mass is 10.1. The second-order valence-corrected chi connectivity index (χ2v) is 3.26. The molecule has 0 rings (SSSR count). The average Bonchev–Trinajstić information content (AvgIpc) is 2.15. The van der Waals surface area contributed by atoms with Gasteiger partial charge in [-0.1, -0.05) is 26.2 Å². The van der Waals surface area contributed by atoms with Gasteiger partial charge in [-0.2, -0.15) is 0 Å². The summed E-state index contributed by atoms with van der Waals surface area (Å²) >= 11 is 0. The van der Waals surface area contributed by atoms with E-state index in [9.17, 15) is 4.79 Å². The molecule has 0 heterocycles. The van der Waals surface area contributed by atoms with Gasteiger partial charge in [0.2, 0.25) is 0 Å². The summed E-state index contributed by atoms with van der Waals surface area (Å²) in [4.78, 5) is 10.1. The predicted octanol–water partition coefficient (Wildman–Crippen LogP) is 2.67. The third kappa shape index (κ3) is 7.86. The molecule has 0 saturated heterocycles. The van der Waals surface area contributed by atoms with E-state index in [0.29, 0.717) is 6.42 Å². The molecule has 0 saturated carbocycles. The van der Waals surface area contributed by atoms with Crippen molar-refractivity contribution >= 4 is 6.16 Å². The molecular weight excluding hydrogens is 184 g/mol. The molecule has 0 fully saturated rings. The maximum absolute atomic E-state index is 10.1. The molecule has 4 nitrogen and oxygen atoms in total. The Morgan fingerprint density at radius 3 is 2.57 bits per heavy atom. The molecule has 0 aliphatic heterocycles. The van der Waals surface area contributed by atoms with E-state index in [0.717, 1.165) is 12.8 Å². The second-order valence-electron chi connectivity index (χ2n) is 3.26. The van der Waals surface area contributed by atoms with Gasteiger partial charge in [-0.25, -0.2) is 4.79 Å². The van der Waals surface area contributed by atoms with Crippen LogP contribution in [0.3, 0.4) is 0 Å². The fourth-order valence-electron chi connectivity index (χ4n) is 1.28. The van der Waals surface area contributed by atoms with Crippen LogP contribution in [0, 0.1) is 0 Å². The Kier molecular flexibility index (Phi) is 8.33. The van der Waals surface area contributed by atoms with Crippen LogP contribution in [-0.4, -0.2) is 31.1 Å². The topological polar surface area (TPSA) is 55.8 Å². The largest absolute Gasteiger partial charge is 0.505 e. The lowest BCUT2D eigenvalue weighted by Gasteiger charge is -2.14. The summed E-state index contributed by atoms with van der Waals surface area (Å²) < 4.78 is 9.62. The summed E-state index contributed by atoms with van der Waals surface area (Å²) in [6.07, 6.45) is 4.04. The van der Waals surface area contributed by atoms with Crippen molar-refractivity contribution in [3.8, 4) is 0 Å². The van der Waals surface area contributed by atoms with Gasteiger partial charge in [0.25, 0.3) is 0 Å². The van der Waals surface area contributed by atoms with Crippen LogP contribution in [0.15, 0.2) is 0 Å². The number of hydrogen-bond donors (Lipinski definition) is 1. The Labute approximate surface area is 85.2 Å². The number of hydrogen-bond acceptors (Lipinski definition) is 3. The maximum atomic E-state index is 10.1. The Balaban J connectivity index is 3.42. The van der Waals surface area contributed by atoms with Crippen LogP contribution in [0.1, 0.15) is 39.0 Å². The highest BCUT2D eigenvalue weighted by molar-refractivity contribution is 5.56. The summed E-state index contributed by atoms with van der Waals surface area (Å²) in [6.45, 7) is 2.37. The van der Waals surface area contributed by atoms with Gasteiger partial charge in [-0.15, -0.1) is 0 Å². The predicted molar refractivity (Wildman–Crippen MR) is 53.5 cm³/mol. The van der Waals surface area contributed by atoms with E-state index < -0.39 is 6.16 Å². The third-order valence-electron chi connectivity index (χ3n) is 2.13. The molecule has 84 valence electrons. The van der Waals surface area contributed by atoms with Crippen LogP contribution >= 0.6 is 0 Å². The van der Waals surface area contributed by atoms with E-state index in [-0.39, 0.29) is 12.7 Å². The van der Waals surface area contributed by atoms with Crippen molar-refractivity contribution < 1.29 is 19.4 Å². The first kappa shape index (κ1) is 13.2. The number of methoxy groups -OCH3 is 1. The zero-order valence-electron chi connectivity index (χ0n) is 8.99. The first-order chi connectivity index (χ1) is 6.70. The number of unbranched alkanes of at least 4 members (excludes halogenated alkanes) is 2. The van der Waals surface area contributed by atoms with Crippen LogP contribution in [0.4, 0.5) is 4.79 Å². The molecule has 0 radical (unpaired) electrons. The monoisotopic (exact) mass is 204 g/mol. The van der Waals surface area contributed by atoms with Crippen molar-refractivity contribution in [3.63, 3.8) is 0 Å². The van der Waals surface area contributed by atoms with E-state index in [1.54, 1.807) is 7.11 Å². The minimum Gasteiger partial charge on any atom is -0.450 e. The summed E-state index contributed by atoms with van der Waals surface area (Å²) in [5.74, 6) is 0. The summed E-state index contributed by atoms with van der Waals surface area (Å²) in [5.41, 5.74) is 0. The molecule has 0 aliphatic carbocycles. The molecule has 4 heteroatoms. The van der Waals surface area contributed by atoms with Crippen LogP contribution in [-0.2, 0) is 9.47 Å². The normalized spacial score (nSPS) is 12.4. The molecule has 1 N–H and O–H groups in total. The van der Waals surface area contributed by atoms with E-state index in [1.807, 2.05) is 0 Å². The highest BCUT2D eigenvalue weighted by Gasteiger charge is 2.07. The molecule has 0 spiro atoms. The third-order valence-corrected chi connectivity index (χ3v) is 2.13. The van der Waals surface area contributed by atoms with Gasteiger partial charge in [0.15, 0.2) is 0 Å². The summed E-state index contributed by atoms with van der Waals surface area (Å²) in [7, 11) is 1.65. The molecule has 14 heavy (non-hydrogen) atoms. The van der Waals surface area contributed by atoms with Crippen molar-refractivity contribution in [1.29, 1.82) is 0 Å². The fraction of sp³-hybridized carbons (Fsp3) is 0.900. The number of carbonyl (C=O) groups is 1. The molecule has 0 aromatic rings. The molecule has 0 bridgehead atoms. The SMILES string of the molecule is CCCCCC(CCOC(=O)O)OC. The first-order valence-electron chi connectivity index (χ1n) is 5.09. The molecule has 0 aliphatic rings. The molecular formula is C10H20O4. The number of rotatable bonds is 8. The van der Waals surface area contributed by atoms with E-state index in [1.165, 1.54) is 12.8 Å². The van der Waals surface area contributed by atoms with Gasteiger partial charge in [0, 0.05) is 13.5 Å². The van der Waals surface area contributed by atoms with Gasteiger partial charge < -0.3 is 14.6 Å². The molecule has 0 aromatic heterocycles. The molecule has 0 aromatic carbocycles. The van der Waals surface area contributed by atoms with E-state index >= 15 is 0 Å². The van der Waals surface area contributed by atoms with Crippen LogP contribution in [0.25, 0.3) is 0 Å². The van der Waals surface area contributed by atoms with Crippen molar-refractivity contribution in [3.05, 3.63) is 0 Å². The van der Waals surface area contributed by atoms with E-state index in [2.05, 4.69) is 11.7 Å². The van der Waals surface area contributed by atoms with Crippen molar-refractivity contribution in [2.75, 3.05) is 13.7 Å². The van der Waals surface area contributed by atoms with Crippen LogP contribution in [0.2, 0.25) is 0 Å². The summed E-state index contributed by atoms with van der Waals surface area (Å²) in [5, 5.41) is 8.25. The highest BCUT2D eigenvalue weighted by Crippen LogP contribution is 2.09. The van der Waals surface area contributed by atoms with Crippen molar-refractivity contribution in [2.45, 2.75) is 45.1 Å². The van der Waals surface area contributed by atoms with Crippen LogP contribution in [0.5, 0.6) is 0 Å². The Bertz CT molecular complexity index is 147. The highest BCUT2D eigenvalue weighted by atomic mass is 16.7. The summed E-state index contributed by atoms with van der Waals surface area (Å²) in [6, 6.07) is 0. The van der Waals surface area contributed by atoms with Crippen molar-refractivity contribution in [1.82, 2.24) is 0 Å². The Morgan fingerprint density at radius 1 is 1.36 bits per heavy atom. The van der Waals surface area contributed by atoms with Gasteiger partial charge in [-0.3, -0.25) is 0 Å². The fourth-order valence-corrected chi connectivity index (χ4v) is 1.28. The lowest BCUT2D eigenvalue weighted by Crippen LogP contribution is -2.15.